The van der Waals surface area contributed by atoms with Gasteiger partial charge >= 0.3 is 0 Å². The molecule has 4 heterocycles. The molecule has 5 rings (SSSR count). The first-order valence-electron chi connectivity index (χ1n) is 13.8. The van der Waals surface area contributed by atoms with Crippen molar-refractivity contribution in [2.75, 3.05) is 13.2 Å². The topological polar surface area (TPSA) is 81.6 Å². The predicted octanol–water partition coefficient (Wildman–Crippen LogP) is 7.72. The van der Waals surface area contributed by atoms with Crippen LogP contribution in [0.2, 0.25) is 0 Å². The lowest BCUT2D eigenvalue weighted by Crippen LogP contribution is -2.13. The zero-order valence-electron chi connectivity index (χ0n) is 22.3. The van der Waals surface area contributed by atoms with Crippen molar-refractivity contribution in [3.8, 4) is 11.5 Å². The minimum atomic E-state index is -0.0476. The maximum Gasteiger partial charge on any atom is 0.124 e. The number of aromatic amines is 4. The Morgan fingerprint density at radius 2 is 0.895 bits per heavy atom. The first kappa shape index (κ1) is 25.6. The van der Waals surface area contributed by atoms with Gasteiger partial charge in [0.1, 0.15) is 11.5 Å². The summed E-state index contributed by atoms with van der Waals surface area (Å²) in [5.74, 6) is 1.67. The Morgan fingerprint density at radius 3 is 1.16 bits per heavy atom. The molecule has 4 aromatic heterocycles. The number of rotatable bonds is 14. The lowest BCUT2D eigenvalue weighted by Gasteiger charge is -2.25. The van der Waals surface area contributed by atoms with Gasteiger partial charge in [-0.05, 0) is 73.5 Å². The number of aromatic nitrogens is 4. The minimum Gasteiger partial charge on any atom is -0.493 e. The molecule has 4 N–H and O–H groups in total. The summed E-state index contributed by atoms with van der Waals surface area (Å²) in [6.45, 7) is 5.70. The largest absolute Gasteiger partial charge is 0.493 e. The number of unbranched alkanes of at least 4 members (excludes halogenated alkanes) is 2. The van der Waals surface area contributed by atoms with E-state index in [1.807, 2.05) is 49.1 Å². The number of hydrogen-bond acceptors (Lipinski definition) is 2. The minimum absolute atomic E-state index is 0.0476. The lowest BCUT2D eigenvalue weighted by atomic mass is 9.86. The monoisotopic (exact) mass is 510 g/mol. The Bertz CT molecular complexity index is 1160. The number of H-pyrrole nitrogens is 4. The van der Waals surface area contributed by atoms with Crippen LogP contribution in [0.25, 0.3) is 0 Å². The van der Waals surface area contributed by atoms with Gasteiger partial charge in [0.2, 0.25) is 0 Å². The quantitative estimate of drug-likeness (QED) is 0.115. The van der Waals surface area contributed by atoms with Crippen LogP contribution in [0, 0.1) is 0 Å². The normalized spacial score (nSPS) is 11.5. The number of nitrogens with one attached hydrogen (secondary N) is 4. The Hall–Kier alpha value is -4.06. The fraction of sp³-hybridized carbons (Fsp3) is 0.312. The van der Waals surface area contributed by atoms with E-state index in [1.165, 1.54) is 0 Å². The summed E-state index contributed by atoms with van der Waals surface area (Å²) in [4.78, 5) is 13.8. The molecule has 0 saturated carbocycles. The van der Waals surface area contributed by atoms with E-state index < -0.39 is 0 Å². The Morgan fingerprint density at radius 1 is 0.553 bits per heavy atom. The van der Waals surface area contributed by atoms with Crippen LogP contribution in [0.1, 0.15) is 85.3 Å². The molecule has 0 spiro atoms. The third kappa shape index (κ3) is 5.59. The van der Waals surface area contributed by atoms with Crippen LogP contribution in [0.3, 0.4) is 0 Å². The Labute approximate surface area is 224 Å². The molecule has 0 saturated heterocycles. The van der Waals surface area contributed by atoms with Crippen LogP contribution in [-0.4, -0.2) is 33.1 Å². The summed E-state index contributed by atoms with van der Waals surface area (Å²) < 4.78 is 13.1. The van der Waals surface area contributed by atoms with Gasteiger partial charge in [-0.15, -0.1) is 0 Å². The second kappa shape index (κ2) is 12.5. The smallest absolute Gasteiger partial charge is 0.124 e. The highest BCUT2D eigenvalue weighted by Gasteiger charge is 2.29. The average Bonchev–Trinajstić information content (AvgIpc) is 3.76. The Kier molecular flexibility index (Phi) is 8.39. The van der Waals surface area contributed by atoms with Crippen molar-refractivity contribution in [1.29, 1.82) is 0 Å². The fourth-order valence-electron chi connectivity index (χ4n) is 5.05. The van der Waals surface area contributed by atoms with Gasteiger partial charge in [0.25, 0.3) is 0 Å². The lowest BCUT2D eigenvalue weighted by molar-refractivity contribution is 0.295. The highest BCUT2D eigenvalue weighted by molar-refractivity contribution is 5.57. The molecule has 0 aliphatic rings. The molecule has 0 radical (unpaired) electrons. The summed E-state index contributed by atoms with van der Waals surface area (Å²) in [5, 5.41) is 0. The predicted molar refractivity (Wildman–Crippen MR) is 152 cm³/mol. The van der Waals surface area contributed by atoms with Gasteiger partial charge in [-0.1, -0.05) is 26.7 Å². The molecule has 0 aliphatic heterocycles. The molecule has 1 aromatic carbocycles. The summed E-state index contributed by atoms with van der Waals surface area (Å²) in [6, 6.07) is 21.1. The van der Waals surface area contributed by atoms with E-state index in [0.717, 1.165) is 71.1 Å². The number of hydrogen-bond donors (Lipinski definition) is 4. The van der Waals surface area contributed by atoms with Gasteiger partial charge < -0.3 is 29.4 Å². The van der Waals surface area contributed by atoms with Gasteiger partial charge in [-0.2, -0.15) is 0 Å². The first-order valence-corrected chi connectivity index (χ1v) is 13.8. The molecule has 0 atom stereocenters. The third-order valence-corrected chi connectivity index (χ3v) is 7.01. The molecule has 6 nitrogen and oxygen atoms in total. The summed E-state index contributed by atoms with van der Waals surface area (Å²) in [5.41, 5.74) is 6.57. The summed E-state index contributed by atoms with van der Waals surface area (Å²) >= 11 is 0. The molecule has 0 amide bonds. The van der Waals surface area contributed by atoms with Crippen molar-refractivity contribution in [3.63, 3.8) is 0 Å². The molecule has 0 fully saturated rings. The molecule has 5 aromatic rings. The van der Waals surface area contributed by atoms with E-state index in [2.05, 4.69) is 70.2 Å². The van der Waals surface area contributed by atoms with Crippen molar-refractivity contribution in [3.05, 3.63) is 119 Å². The van der Waals surface area contributed by atoms with Crippen LogP contribution in [0.5, 0.6) is 11.5 Å². The molecular formula is C32H38N4O2. The second-order valence-electron chi connectivity index (χ2n) is 9.70. The maximum atomic E-state index is 6.56. The number of benzene rings is 1. The van der Waals surface area contributed by atoms with Crippen molar-refractivity contribution < 1.29 is 9.47 Å². The van der Waals surface area contributed by atoms with Gasteiger partial charge in [0, 0.05) is 58.7 Å². The molecule has 198 valence electrons. The SMILES string of the molecule is CCCCOc1cc(C(c2ccc[nH]2)c2ccc[nH]2)c(OCCCC)cc1C(c1ccc[nH]1)c1ccc[nH]1. The standard InChI is InChI=1S/C32H38N4O2/c1-3-5-19-37-29-21-24(32(27-13-9-17-35-27)28-14-10-18-36-28)30(38-20-6-4-2)22-23(29)31(25-11-7-15-33-25)26-12-8-16-34-26/h7-18,21-22,31-36H,3-6,19-20H2,1-2H3. The molecule has 0 aliphatic carbocycles. The van der Waals surface area contributed by atoms with Crippen molar-refractivity contribution in [2.24, 2.45) is 0 Å². The zero-order valence-corrected chi connectivity index (χ0v) is 22.3. The van der Waals surface area contributed by atoms with Gasteiger partial charge in [0.05, 0.1) is 25.0 Å². The van der Waals surface area contributed by atoms with Crippen molar-refractivity contribution >= 4 is 0 Å². The fourth-order valence-corrected chi connectivity index (χ4v) is 5.05. The van der Waals surface area contributed by atoms with E-state index in [1.54, 1.807) is 0 Å². The van der Waals surface area contributed by atoms with E-state index in [9.17, 15) is 0 Å². The van der Waals surface area contributed by atoms with Crippen molar-refractivity contribution in [2.45, 2.75) is 51.4 Å². The summed E-state index contributed by atoms with van der Waals surface area (Å²) in [6.07, 6.45) is 12.0. The first-order chi connectivity index (χ1) is 18.8. The van der Waals surface area contributed by atoms with Crippen LogP contribution < -0.4 is 9.47 Å². The van der Waals surface area contributed by atoms with Crippen LogP contribution in [0.15, 0.2) is 85.5 Å². The number of ether oxygens (including phenoxy) is 2. The Balaban J connectivity index is 1.70. The highest BCUT2D eigenvalue weighted by Crippen LogP contribution is 2.44. The second-order valence-corrected chi connectivity index (χ2v) is 9.70. The van der Waals surface area contributed by atoms with E-state index in [0.29, 0.717) is 13.2 Å². The molecule has 38 heavy (non-hydrogen) atoms. The van der Waals surface area contributed by atoms with Crippen LogP contribution >= 0.6 is 0 Å². The molecule has 0 bridgehead atoms. The van der Waals surface area contributed by atoms with Gasteiger partial charge in [-0.25, -0.2) is 0 Å². The van der Waals surface area contributed by atoms with E-state index >= 15 is 0 Å². The average molecular weight is 511 g/mol. The molecule has 6 heteroatoms. The summed E-state index contributed by atoms with van der Waals surface area (Å²) in [7, 11) is 0. The molecular weight excluding hydrogens is 472 g/mol. The van der Waals surface area contributed by atoms with Gasteiger partial charge in [0.15, 0.2) is 0 Å². The zero-order chi connectivity index (χ0) is 26.2. The van der Waals surface area contributed by atoms with E-state index in [4.69, 9.17) is 9.47 Å². The molecule has 0 unspecified atom stereocenters. The van der Waals surface area contributed by atoms with Gasteiger partial charge in [-0.3, -0.25) is 0 Å². The van der Waals surface area contributed by atoms with Crippen molar-refractivity contribution in [1.82, 2.24) is 19.9 Å². The third-order valence-electron chi connectivity index (χ3n) is 7.01. The maximum absolute atomic E-state index is 6.56. The van der Waals surface area contributed by atoms with E-state index in [-0.39, 0.29) is 11.8 Å². The highest BCUT2D eigenvalue weighted by atomic mass is 16.5. The van der Waals surface area contributed by atoms with Crippen LogP contribution in [0.4, 0.5) is 0 Å². The van der Waals surface area contributed by atoms with Crippen LogP contribution in [-0.2, 0) is 0 Å².